The molecular formula is C10H8BrF3O2. The molecule has 2 atom stereocenters. The van der Waals surface area contributed by atoms with Gasteiger partial charge in [0.15, 0.2) is 0 Å². The summed E-state index contributed by atoms with van der Waals surface area (Å²) in [5.41, 5.74) is -0.396. The maximum absolute atomic E-state index is 12.4. The predicted octanol–water partition coefficient (Wildman–Crippen LogP) is 2.89. The summed E-state index contributed by atoms with van der Waals surface area (Å²) >= 11 is 3.18. The molecule has 1 N–H and O–H groups in total. The number of aliphatic hydroxyl groups is 1. The van der Waals surface area contributed by atoms with Crippen molar-refractivity contribution < 1.29 is 23.0 Å². The first kappa shape index (κ1) is 11.7. The molecule has 0 fully saturated rings. The Bertz CT molecular complexity index is 406. The van der Waals surface area contributed by atoms with Crippen molar-refractivity contribution in [2.24, 2.45) is 0 Å². The molecule has 0 amide bonds. The largest absolute Gasteiger partial charge is 0.492 e. The van der Waals surface area contributed by atoms with Crippen molar-refractivity contribution in [3.05, 3.63) is 29.3 Å². The van der Waals surface area contributed by atoms with Crippen molar-refractivity contribution in [2.75, 3.05) is 6.61 Å². The molecule has 0 aromatic heterocycles. The number of hydrogen-bond donors (Lipinski definition) is 1. The van der Waals surface area contributed by atoms with Crippen LogP contribution in [0.2, 0.25) is 0 Å². The second-order valence-electron chi connectivity index (χ2n) is 3.52. The van der Waals surface area contributed by atoms with E-state index < -0.39 is 17.8 Å². The summed E-state index contributed by atoms with van der Waals surface area (Å²) in [5.74, 6) is 0.0954. The summed E-state index contributed by atoms with van der Waals surface area (Å²) in [4.78, 5) is -0.295. The van der Waals surface area contributed by atoms with Crippen LogP contribution in [0.1, 0.15) is 17.2 Å². The van der Waals surface area contributed by atoms with Gasteiger partial charge in [-0.05, 0) is 12.1 Å². The Morgan fingerprint density at radius 2 is 2.06 bits per heavy atom. The molecule has 1 aromatic rings. The zero-order valence-corrected chi connectivity index (χ0v) is 9.55. The van der Waals surface area contributed by atoms with E-state index in [-0.39, 0.29) is 17.2 Å². The fraction of sp³-hybridized carbons (Fsp3) is 0.400. The zero-order valence-electron chi connectivity index (χ0n) is 7.96. The minimum Gasteiger partial charge on any atom is -0.492 e. The highest BCUT2D eigenvalue weighted by Gasteiger charge is 2.34. The average molecular weight is 297 g/mol. The predicted molar refractivity (Wildman–Crippen MR) is 54.6 cm³/mol. The molecule has 0 bridgehead atoms. The first-order valence-corrected chi connectivity index (χ1v) is 5.47. The van der Waals surface area contributed by atoms with Crippen LogP contribution in [0, 0.1) is 0 Å². The fourth-order valence-corrected chi connectivity index (χ4v) is 1.95. The Balaban J connectivity index is 2.41. The standard InChI is InChI=1S/C10H8BrF3O2/c11-7-4-16-8-3-5(10(12,13)14)1-2-6(8)9(7)15/h1-3,7,9,15H,4H2/t7-,9+/m1/s1. The van der Waals surface area contributed by atoms with E-state index in [1.807, 2.05) is 0 Å². The van der Waals surface area contributed by atoms with Crippen LogP contribution in [0.25, 0.3) is 0 Å². The van der Waals surface area contributed by atoms with E-state index in [4.69, 9.17) is 4.74 Å². The molecule has 0 radical (unpaired) electrons. The molecule has 0 saturated heterocycles. The molecule has 6 heteroatoms. The molecule has 88 valence electrons. The van der Waals surface area contributed by atoms with E-state index >= 15 is 0 Å². The van der Waals surface area contributed by atoms with Gasteiger partial charge in [-0.25, -0.2) is 0 Å². The highest BCUT2D eigenvalue weighted by Crippen LogP contribution is 2.39. The van der Waals surface area contributed by atoms with E-state index in [0.29, 0.717) is 5.56 Å². The third-order valence-electron chi connectivity index (χ3n) is 2.40. The van der Waals surface area contributed by atoms with E-state index in [1.54, 1.807) is 0 Å². The lowest BCUT2D eigenvalue weighted by molar-refractivity contribution is -0.137. The molecule has 1 aliphatic heterocycles. The number of ether oxygens (including phenoxy) is 1. The topological polar surface area (TPSA) is 29.5 Å². The van der Waals surface area contributed by atoms with Gasteiger partial charge in [0.2, 0.25) is 0 Å². The van der Waals surface area contributed by atoms with Crippen molar-refractivity contribution >= 4 is 15.9 Å². The van der Waals surface area contributed by atoms with Crippen LogP contribution in [-0.2, 0) is 6.18 Å². The van der Waals surface area contributed by atoms with Gasteiger partial charge in [-0.3, -0.25) is 0 Å². The molecule has 0 unspecified atom stereocenters. The van der Waals surface area contributed by atoms with Gasteiger partial charge in [0, 0.05) is 5.56 Å². The average Bonchev–Trinajstić information content (AvgIpc) is 2.22. The number of fused-ring (bicyclic) bond motifs is 1. The van der Waals surface area contributed by atoms with Gasteiger partial charge in [0.1, 0.15) is 12.4 Å². The Morgan fingerprint density at radius 1 is 1.38 bits per heavy atom. The summed E-state index contributed by atoms with van der Waals surface area (Å²) < 4.78 is 42.3. The van der Waals surface area contributed by atoms with E-state index in [9.17, 15) is 18.3 Å². The SMILES string of the molecule is O[C@H]1c2ccc(C(F)(F)F)cc2OC[C@H]1Br. The van der Waals surface area contributed by atoms with Crippen LogP contribution in [0.3, 0.4) is 0 Å². The van der Waals surface area contributed by atoms with Crippen LogP contribution in [-0.4, -0.2) is 16.5 Å². The van der Waals surface area contributed by atoms with Gasteiger partial charge in [-0.15, -0.1) is 0 Å². The number of alkyl halides is 4. The van der Waals surface area contributed by atoms with Crippen molar-refractivity contribution in [1.82, 2.24) is 0 Å². The molecule has 0 spiro atoms. The smallest absolute Gasteiger partial charge is 0.416 e. The van der Waals surface area contributed by atoms with Crippen LogP contribution in [0.5, 0.6) is 5.75 Å². The monoisotopic (exact) mass is 296 g/mol. The highest BCUT2D eigenvalue weighted by molar-refractivity contribution is 9.09. The lowest BCUT2D eigenvalue weighted by atomic mass is 10.0. The highest BCUT2D eigenvalue weighted by atomic mass is 79.9. The van der Waals surface area contributed by atoms with Crippen molar-refractivity contribution in [1.29, 1.82) is 0 Å². The number of rotatable bonds is 0. The van der Waals surface area contributed by atoms with E-state index in [2.05, 4.69) is 15.9 Å². The Kier molecular flexibility index (Phi) is 2.88. The zero-order chi connectivity index (χ0) is 11.9. The van der Waals surface area contributed by atoms with Crippen molar-refractivity contribution in [2.45, 2.75) is 17.1 Å². The summed E-state index contributed by atoms with van der Waals surface area (Å²) in [5, 5.41) is 9.72. The molecule has 0 aliphatic carbocycles. The third kappa shape index (κ3) is 2.04. The minimum atomic E-state index is -4.39. The number of aliphatic hydroxyl groups excluding tert-OH is 1. The minimum absolute atomic E-state index is 0.0954. The van der Waals surface area contributed by atoms with Crippen LogP contribution in [0.4, 0.5) is 13.2 Å². The third-order valence-corrected chi connectivity index (χ3v) is 3.17. The fourth-order valence-electron chi connectivity index (χ4n) is 1.54. The van der Waals surface area contributed by atoms with Crippen molar-refractivity contribution in [3.8, 4) is 5.75 Å². The molecule has 1 heterocycles. The second kappa shape index (κ2) is 3.92. The van der Waals surface area contributed by atoms with Gasteiger partial charge in [-0.1, -0.05) is 22.0 Å². The number of halogens is 4. The maximum atomic E-state index is 12.4. The van der Waals surface area contributed by atoms with Gasteiger partial charge in [0.25, 0.3) is 0 Å². The lowest BCUT2D eigenvalue weighted by Crippen LogP contribution is -2.26. The Labute approximate surface area is 98.2 Å². The van der Waals surface area contributed by atoms with E-state index in [1.165, 1.54) is 6.07 Å². The molecule has 16 heavy (non-hydrogen) atoms. The van der Waals surface area contributed by atoms with Crippen molar-refractivity contribution in [3.63, 3.8) is 0 Å². The van der Waals surface area contributed by atoms with Gasteiger partial charge in [0.05, 0.1) is 16.5 Å². The summed E-state index contributed by atoms with van der Waals surface area (Å²) in [6, 6.07) is 3.10. The molecule has 0 saturated carbocycles. The molecule has 1 aliphatic rings. The Hall–Kier alpha value is -0.750. The van der Waals surface area contributed by atoms with Gasteiger partial charge in [-0.2, -0.15) is 13.2 Å². The van der Waals surface area contributed by atoms with Crippen LogP contribution < -0.4 is 4.74 Å². The molecular weight excluding hydrogens is 289 g/mol. The summed E-state index contributed by atoms with van der Waals surface area (Å²) in [6.07, 6.45) is -5.24. The van der Waals surface area contributed by atoms with Crippen LogP contribution >= 0.6 is 15.9 Å². The van der Waals surface area contributed by atoms with Gasteiger partial charge >= 0.3 is 6.18 Å². The lowest BCUT2D eigenvalue weighted by Gasteiger charge is -2.27. The maximum Gasteiger partial charge on any atom is 0.416 e. The molecule has 2 rings (SSSR count). The van der Waals surface area contributed by atoms with E-state index in [0.717, 1.165) is 12.1 Å². The summed E-state index contributed by atoms with van der Waals surface area (Å²) in [6.45, 7) is 0.148. The first-order chi connectivity index (χ1) is 7.39. The Morgan fingerprint density at radius 3 is 2.69 bits per heavy atom. The second-order valence-corrected chi connectivity index (χ2v) is 4.70. The van der Waals surface area contributed by atoms with Crippen LogP contribution in [0.15, 0.2) is 18.2 Å². The number of benzene rings is 1. The first-order valence-electron chi connectivity index (χ1n) is 4.55. The summed E-state index contributed by atoms with van der Waals surface area (Å²) in [7, 11) is 0. The molecule has 2 nitrogen and oxygen atoms in total. The van der Waals surface area contributed by atoms with Gasteiger partial charge < -0.3 is 9.84 Å². The molecule has 1 aromatic carbocycles. The number of hydrogen-bond acceptors (Lipinski definition) is 2. The quantitative estimate of drug-likeness (QED) is 0.746. The normalized spacial score (nSPS) is 24.8.